The first-order chi connectivity index (χ1) is 10.7. The Balaban J connectivity index is 1.48. The summed E-state index contributed by atoms with van der Waals surface area (Å²) in [5.41, 5.74) is 5.44. The van der Waals surface area contributed by atoms with Crippen molar-refractivity contribution < 1.29 is 4.79 Å². The maximum Gasteiger partial charge on any atom is 0.317 e. The summed E-state index contributed by atoms with van der Waals surface area (Å²) in [7, 11) is 0. The second-order valence-corrected chi connectivity index (χ2v) is 5.34. The zero-order chi connectivity index (χ0) is 15.4. The number of aromatic nitrogens is 5. The highest BCUT2D eigenvalue weighted by atomic mass is 16.2. The van der Waals surface area contributed by atoms with E-state index in [1.54, 1.807) is 6.20 Å². The molecule has 2 amide bonds. The first kappa shape index (κ1) is 14.4. The molecule has 0 aliphatic carbocycles. The number of likely N-dealkylation sites (tertiary alicyclic amines) is 1. The summed E-state index contributed by atoms with van der Waals surface area (Å²) in [4.78, 5) is 18.2. The van der Waals surface area contributed by atoms with Crippen LogP contribution in [0.25, 0.3) is 0 Å². The molecule has 1 atom stereocenters. The van der Waals surface area contributed by atoms with E-state index >= 15 is 0 Å². The van der Waals surface area contributed by atoms with Crippen molar-refractivity contribution in [3.63, 3.8) is 0 Å². The highest BCUT2D eigenvalue weighted by Gasteiger charge is 2.28. The van der Waals surface area contributed by atoms with Crippen molar-refractivity contribution in [3.05, 3.63) is 24.3 Å². The van der Waals surface area contributed by atoms with Crippen molar-refractivity contribution in [1.82, 2.24) is 35.2 Å². The number of H-pyrrole nitrogens is 1. The summed E-state index contributed by atoms with van der Waals surface area (Å²) in [5.74, 6) is 0.896. The van der Waals surface area contributed by atoms with Gasteiger partial charge in [-0.1, -0.05) is 0 Å². The van der Waals surface area contributed by atoms with Gasteiger partial charge in [0.25, 0.3) is 0 Å². The maximum atomic E-state index is 12.3. The number of urea groups is 1. The van der Waals surface area contributed by atoms with Crippen molar-refractivity contribution in [2.75, 3.05) is 18.8 Å². The van der Waals surface area contributed by atoms with Crippen LogP contribution in [0, 0.1) is 0 Å². The molecule has 0 radical (unpaired) electrons. The van der Waals surface area contributed by atoms with E-state index in [-0.39, 0.29) is 18.0 Å². The molecular weight excluding hydrogens is 284 g/mol. The molecule has 0 bridgehead atoms. The van der Waals surface area contributed by atoms with E-state index in [0.717, 1.165) is 25.9 Å². The highest BCUT2D eigenvalue weighted by molar-refractivity contribution is 5.74. The van der Waals surface area contributed by atoms with Gasteiger partial charge in [-0.3, -0.25) is 9.78 Å². The standard InChI is InChI=1S/C13H20N8O/c14-12-17-11(18-19-12)4-6-15-13(22)21-8-1-3-10(21)9-20-7-2-5-16-20/h2,5,7,10H,1,3-4,6,8-9H2,(H,15,22)(H3,14,17,18,19)/t10-/m1/s1. The number of nitrogens with one attached hydrogen (secondary N) is 2. The number of nitrogen functional groups attached to an aromatic ring is 1. The van der Waals surface area contributed by atoms with E-state index < -0.39 is 0 Å². The van der Waals surface area contributed by atoms with Crippen LogP contribution >= 0.6 is 0 Å². The van der Waals surface area contributed by atoms with Gasteiger partial charge in [0.15, 0.2) is 0 Å². The molecule has 1 fully saturated rings. The van der Waals surface area contributed by atoms with Crippen LogP contribution in [0.3, 0.4) is 0 Å². The number of anilines is 1. The van der Waals surface area contributed by atoms with Gasteiger partial charge in [0, 0.05) is 31.9 Å². The van der Waals surface area contributed by atoms with E-state index in [2.05, 4.69) is 25.6 Å². The summed E-state index contributed by atoms with van der Waals surface area (Å²) in [6.07, 6.45) is 6.28. The van der Waals surface area contributed by atoms with Crippen molar-refractivity contribution in [3.8, 4) is 0 Å². The number of rotatable bonds is 5. The molecule has 9 heteroatoms. The van der Waals surface area contributed by atoms with Crippen LogP contribution in [0.4, 0.5) is 10.7 Å². The molecule has 2 aromatic heterocycles. The Morgan fingerprint density at radius 1 is 1.55 bits per heavy atom. The monoisotopic (exact) mass is 304 g/mol. The van der Waals surface area contributed by atoms with Crippen LogP contribution in [0.1, 0.15) is 18.7 Å². The van der Waals surface area contributed by atoms with Crippen molar-refractivity contribution in [1.29, 1.82) is 0 Å². The largest absolute Gasteiger partial charge is 0.367 e. The predicted molar refractivity (Wildman–Crippen MR) is 79.9 cm³/mol. The fraction of sp³-hybridized carbons (Fsp3) is 0.538. The molecule has 2 aromatic rings. The number of nitrogens with two attached hydrogens (primary N) is 1. The van der Waals surface area contributed by atoms with E-state index in [1.165, 1.54) is 0 Å². The smallest absolute Gasteiger partial charge is 0.317 e. The van der Waals surface area contributed by atoms with Crippen molar-refractivity contribution >= 4 is 12.0 Å². The number of nitrogens with zero attached hydrogens (tertiary/aromatic N) is 5. The van der Waals surface area contributed by atoms with Crippen molar-refractivity contribution in [2.45, 2.75) is 31.8 Å². The normalized spacial score (nSPS) is 17.8. The zero-order valence-electron chi connectivity index (χ0n) is 12.3. The zero-order valence-corrected chi connectivity index (χ0v) is 12.3. The summed E-state index contributed by atoms with van der Waals surface area (Å²) < 4.78 is 1.87. The van der Waals surface area contributed by atoms with Crippen LogP contribution < -0.4 is 11.1 Å². The molecule has 3 rings (SSSR count). The van der Waals surface area contributed by atoms with Gasteiger partial charge in [-0.2, -0.15) is 10.1 Å². The van der Waals surface area contributed by atoms with Gasteiger partial charge < -0.3 is 16.0 Å². The molecule has 9 nitrogen and oxygen atoms in total. The third-order valence-electron chi connectivity index (χ3n) is 3.78. The molecule has 0 spiro atoms. The minimum atomic E-state index is -0.0397. The molecule has 0 aromatic carbocycles. The fourth-order valence-electron chi connectivity index (χ4n) is 2.73. The number of amides is 2. The molecular formula is C13H20N8O. The second kappa shape index (κ2) is 6.46. The number of hydrogen-bond acceptors (Lipinski definition) is 5. The number of hydrogen-bond donors (Lipinski definition) is 3. The van der Waals surface area contributed by atoms with Crippen LogP contribution in [0.2, 0.25) is 0 Å². The summed E-state index contributed by atoms with van der Waals surface area (Å²) in [5, 5.41) is 13.6. The lowest BCUT2D eigenvalue weighted by Crippen LogP contribution is -2.45. The van der Waals surface area contributed by atoms with E-state index in [0.29, 0.717) is 18.8 Å². The topological polar surface area (TPSA) is 118 Å². The second-order valence-electron chi connectivity index (χ2n) is 5.34. The molecule has 1 aliphatic rings. The lowest BCUT2D eigenvalue weighted by atomic mass is 10.2. The van der Waals surface area contributed by atoms with Gasteiger partial charge in [0.1, 0.15) is 5.82 Å². The Hall–Kier alpha value is -2.58. The third kappa shape index (κ3) is 3.35. The fourth-order valence-corrected chi connectivity index (χ4v) is 2.73. The van der Waals surface area contributed by atoms with Gasteiger partial charge in [-0.15, -0.1) is 5.10 Å². The van der Waals surface area contributed by atoms with E-state index in [4.69, 9.17) is 5.73 Å². The molecule has 0 saturated carbocycles. The molecule has 0 unspecified atom stereocenters. The van der Waals surface area contributed by atoms with Crippen LogP contribution in [-0.2, 0) is 13.0 Å². The minimum absolute atomic E-state index is 0.0397. The highest BCUT2D eigenvalue weighted by Crippen LogP contribution is 2.18. The van der Waals surface area contributed by atoms with Crippen molar-refractivity contribution in [2.24, 2.45) is 0 Å². The first-order valence-electron chi connectivity index (χ1n) is 7.41. The molecule has 1 saturated heterocycles. The van der Waals surface area contributed by atoms with Crippen LogP contribution in [0.5, 0.6) is 0 Å². The molecule has 22 heavy (non-hydrogen) atoms. The Morgan fingerprint density at radius 3 is 3.18 bits per heavy atom. The van der Waals surface area contributed by atoms with Crippen LogP contribution in [0.15, 0.2) is 18.5 Å². The van der Waals surface area contributed by atoms with Gasteiger partial charge in [0.05, 0.1) is 12.6 Å². The molecule has 4 N–H and O–H groups in total. The van der Waals surface area contributed by atoms with Gasteiger partial charge >= 0.3 is 6.03 Å². The van der Waals surface area contributed by atoms with E-state index in [9.17, 15) is 4.79 Å². The summed E-state index contributed by atoms with van der Waals surface area (Å²) in [6.45, 7) is 2.02. The Kier molecular flexibility index (Phi) is 4.22. The molecule has 1 aliphatic heterocycles. The third-order valence-corrected chi connectivity index (χ3v) is 3.78. The number of carbonyl (C=O) groups excluding carboxylic acids is 1. The Morgan fingerprint density at radius 2 is 2.45 bits per heavy atom. The Labute approximate surface area is 127 Å². The SMILES string of the molecule is Nc1n[nH]c(CCNC(=O)N2CCC[C@@H]2Cn2cccn2)n1. The summed E-state index contributed by atoms with van der Waals surface area (Å²) >= 11 is 0. The van der Waals surface area contributed by atoms with Gasteiger partial charge in [-0.25, -0.2) is 4.79 Å². The molecule has 118 valence electrons. The number of carbonyl (C=O) groups is 1. The number of aromatic amines is 1. The first-order valence-corrected chi connectivity index (χ1v) is 7.41. The lowest BCUT2D eigenvalue weighted by Gasteiger charge is -2.24. The quantitative estimate of drug-likeness (QED) is 0.718. The average Bonchev–Trinajstić information content (AvgIpc) is 3.22. The van der Waals surface area contributed by atoms with Gasteiger partial charge in [-0.05, 0) is 18.9 Å². The minimum Gasteiger partial charge on any atom is -0.367 e. The predicted octanol–water partition coefficient (Wildman–Crippen LogP) is 0.0001000. The van der Waals surface area contributed by atoms with Crippen LogP contribution in [-0.4, -0.2) is 55.0 Å². The molecule has 3 heterocycles. The Bertz CT molecular complexity index is 607. The average molecular weight is 304 g/mol. The van der Waals surface area contributed by atoms with E-state index in [1.807, 2.05) is 21.8 Å². The summed E-state index contributed by atoms with van der Waals surface area (Å²) in [6, 6.07) is 2.05. The van der Waals surface area contributed by atoms with Gasteiger partial charge in [0.2, 0.25) is 5.95 Å². The maximum absolute atomic E-state index is 12.3. The lowest BCUT2D eigenvalue weighted by molar-refractivity contribution is 0.186.